The van der Waals surface area contributed by atoms with Crippen molar-refractivity contribution in [1.29, 1.82) is 0 Å². The summed E-state index contributed by atoms with van der Waals surface area (Å²) in [4.78, 5) is 42.0. The summed E-state index contributed by atoms with van der Waals surface area (Å²) in [6.45, 7) is 13.8. The third-order valence-corrected chi connectivity index (χ3v) is 21.3. The predicted octanol–water partition coefficient (Wildman–Crippen LogP) is 0.395. The molecule has 74 heavy (non-hydrogen) atoms. The first-order chi connectivity index (χ1) is 34.7. The summed E-state index contributed by atoms with van der Waals surface area (Å²) in [6, 6.07) is -1.18. The molecule has 0 radical (unpaired) electrons. The molecule has 0 spiro atoms. The van der Waals surface area contributed by atoms with Crippen LogP contribution in [-0.4, -0.2) is 187 Å². The van der Waals surface area contributed by atoms with E-state index in [-0.39, 0.29) is 47.3 Å². The van der Waals surface area contributed by atoms with Crippen LogP contribution in [0.5, 0.6) is 0 Å². The minimum atomic E-state index is -2.46. The summed E-state index contributed by atoms with van der Waals surface area (Å²) in [6.07, 6.45) is -12.2. The molecule has 9 aliphatic rings. The fourth-order valence-corrected chi connectivity index (χ4v) is 16.6. The average molecular weight is 1050 g/mol. The number of unbranched alkanes of at least 4 members (excludes halogenated alkanes) is 2. The van der Waals surface area contributed by atoms with Crippen molar-refractivity contribution in [3.63, 3.8) is 0 Å². The van der Waals surface area contributed by atoms with Gasteiger partial charge in [-0.15, -0.1) is 0 Å². The van der Waals surface area contributed by atoms with Crippen LogP contribution in [0, 0.1) is 50.2 Å². The number of hydrogen-bond donors (Lipinski definition) is 11. The molecule has 25 atom stereocenters. The van der Waals surface area contributed by atoms with E-state index < -0.39 is 151 Å². The average Bonchev–Trinajstić information content (AvgIpc) is 3.34. The Morgan fingerprint density at radius 3 is 2.24 bits per heavy atom. The number of rotatable bonds is 13. The molecule has 20 heteroatoms. The lowest BCUT2D eigenvalue weighted by atomic mass is 9.33. The number of hydrogen-bond acceptors (Lipinski definition) is 19. The van der Waals surface area contributed by atoms with E-state index >= 15 is 4.79 Å². The zero-order valence-electron chi connectivity index (χ0n) is 44.2. The quantitative estimate of drug-likeness (QED) is 0.0515. The summed E-state index contributed by atoms with van der Waals surface area (Å²) in [5, 5.41) is 105. The molecule has 4 heterocycles. The Morgan fingerprint density at radius 2 is 1.55 bits per heavy atom. The normalized spacial score (nSPS) is 52.6. The second-order valence-electron chi connectivity index (χ2n) is 25.8. The van der Waals surface area contributed by atoms with Gasteiger partial charge in [0.2, 0.25) is 5.91 Å². The van der Waals surface area contributed by atoms with Crippen molar-refractivity contribution in [2.45, 2.75) is 236 Å². The zero-order chi connectivity index (χ0) is 53.9. The third kappa shape index (κ3) is 8.52. The molecule has 9 rings (SSSR count). The van der Waals surface area contributed by atoms with Gasteiger partial charge in [0.25, 0.3) is 5.79 Å². The number of esters is 1. The molecule has 5 aliphatic carbocycles. The molecule has 420 valence electrons. The zero-order valence-corrected chi connectivity index (χ0v) is 44.2. The number of nitrogens with one attached hydrogen (secondary N) is 1. The van der Waals surface area contributed by atoms with Crippen molar-refractivity contribution in [2.75, 3.05) is 19.8 Å². The Morgan fingerprint density at radius 1 is 0.824 bits per heavy atom. The van der Waals surface area contributed by atoms with Crippen molar-refractivity contribution in [3.8, 4) is 0 Å². The molecule has 0 aromatic carbocycles. The van der Waals surface area contributed by atoms with Crippen molar-refractivity contribution in [1.82, 2.24) is 5.32 Å². The Kier molecular flexibility index (Phi) is 15.4. The maximum absolute atomic E-state index is 16.0. The molecule has 12 N–H and O–H groups in total. The number of allylic oxidation sites excluding steroid dienone is 2. The monoisotopic (exact) mass is 1050 g/mol. The van der Waals surface area contributed by atoms with Gasteiger partial charge in [-0.1, -0.05) is 59.6 Å². The number of aldehydes is 1. The summed E-state index contributed by atoms with van der Waals surface area (Å²) in [7, 11) is 0. The van der Waals surface area contributed by atoms with E-state index in [0.29, 0.717) is 51.5 Å². The van der Waals surface area contributed by atoms with Gasteiger partial charge in [0.05, 0.1) is 43.0 Å². The maximum Gasteiger partial charge on any atom is 0.318 e. The SMILES string of the molecule is C[C@H]1O[C@@H](C2(OC(=O)[C@]34CCC(C)(C)CC3C3=CCC5C6(C)CC[C@H](O)[C@](C)(C=O)[C@@H]6CC[C@]5(C)[C@]3(C)CC4O)OC3C(O)C(NC(=O)CCCCCN)[C@H](CO)O[C@H]32)C(O)C(O)C1O[C@@H]1OCC(O)C(O)C1O. The predicted molar refractivity (Wildman–Crippen MR) is 261 cm³/mol. The molecule has 4 aliphatic heterocycles. The molecule has 14 unspecified atom stereocenters. The van der Waals surface area contributed by atoms with Gasteiger partial charge < -0.3 is 90.2 Å². The van der Waals surface area contributed by atoms with Gasteiger partial charge in [-0.2, -0.15) is 0 Å². The molecule has 4 saturated carbocycles. The van der Waals surface area contributed by atoms with Crippen LogP contribution in [0.25, 0.3) is 0 Å². The Hall–Kier alpha value is -2.25. The largest absolute Gasteiger partial charge is 0.426 e. The minimum Gasteiger partial charge on any atom is -0.426 e. The lowest BCUT2D eigenvalue weighted by molar-refractivity contribution is -0.472. The second kappa shape index (κ2) is 20.1. The van der Waals surface area contributed by atoms with Crippen LogP contribution in [0.15, 0.2) is 11.6 Å². The minimum absolute atomic E-state index is 0.0509. The smallest absolute Gasteiger partial charge is 0.318 e. The Balaban J connectivity index is 1.06. The summed E-state index contributed by atoms with van der Waals surface area (Å²) < 4.78 is 37.6. The van der Waals surface area contributed by atoms with Gasteiger partial charge in [0.15, 0.2) is 18.5 Å². The van der Waals surface area contributed by atoms with Gasteiger partial charge in [-0.3, -0.25) is 9.59 Å². The van der Waals surface area contributed by atoms with Crippen LogP contribution in [0.4, 0.5) is 0 Å². The number of aliphatic hydroxyl groups is 9. The van der Waals surface area contributed by atoms with Gasteiger partial charge in [-0.25, -0.2) is 0 Å². The van der Waals surface area contributed by atoms with Crippen LogP contribution in [0.1, 0.15) is 132 Å². The van der Waals surface area contributed by atoms with Gasteiger partial charge >= 0.3 is 5.97 Å². The molecule has 20 nitrogen and oxygen atoms in total. The molecule has 0 aromatic heterocycles. The lowest BCUT2D eigenvalue weighted by Gasteiger charge is -2.71. The summed E-state index contributed by atoms with van der Waals surface area (Å²) >= 11 is 0. The number of ether oxygens (including phenoxy) is 6. The number of aliphatic hydroxyl groups excluding tert-OH is 9. The fourth-order valence-electron chi connectivity index (χ4n) is 16.6. The molecule has 1 amide bonds. The highest BCUT2D eigenvalue weighted by Gasteiger charge is 2.77. The number of carbonyl (C=O) groups is 3. The number of amides is 1. The summed E-state index contributed by atoms with van der Waals surface area (Å²) in [5.74, 6) is -4.25. The van der Waals surface area contributed by atoms with Crippen LogP contribution < -0.4 is 11.1 Å². The van der Waals surface area contributed by atoms with E-state index in [1.54, 1.807) is 0 Å². The van der Waals surface area contributed by atoms with E-state index in [2.05, 4.69) is 46.0 Å². The van der Waals surface area contributed by atoms with Crippen LogP contribution in [-0.2, 0) is 42.8 Å². The molecule has 0 bridgehead atoms. The number of carbonyl (C=O) groups excluding carboxylic acids is 3. The molecule has 8 fully saturated rings. The Labute approximate surface area is 434 Å². The standard InChI is InChI=1S/C54H86N2O18/c1-26-42(72-46-41(67)37(63)29(59)24-69-46)39(65)40(66)44(70-26)54(45-43(73-54)38(64)36(30(23-57)71-45)56-35(62)11-9-8-10-20-55)74-47(68)53-19-18-48(2,3)21-28(53)27-12-13-32-49(4)16-15-33(60)50(5,25-58)31(49)14-17-51(32,6)52(27,7)22-34(53)61/h12,25-26,28-34,36-46,57,59-61,63-67H,8-11,13-24,55H2,1-7H3,(H,56,62)/t26-,28?,29?,30+,31-,32?,33+,34?,36?,37?,38?,39?,40?,41?,42?,43?,44-,45-,46+,49?,50-,51+,52-,53-,54?/m1/s1. The third-order valence-electron chi connectivity index (χ3n) is 21.3. The number of nitrogens with two attached hydrogens (primary N) is 1. The fraction of sp³-hybridized carbons (Fsp3) is 0.907. The summed E-state index contributed by atoms with van der Waals surface area (Å²) in [5.41, 5.74) is 2.60. The van der Waals surface area contributed by atoms with E-state index in [0.717, 1.165) is 31.1 Å². The van der Waals surface area contributed by atoms with Gasteiger partial charge in [-0.05, 0) is 124 Å². The van der Waals surface area contributed by atoms with Crippen molar-refractivity contribution < 1.29 is 88.8 Å². The van der Waals surface area contributed by atoms with Crippen LogP contribution >= 0.6 is 0 Å². The van der Waals surface area contributed by atoms with Crippen LogP contribution in [0.2, 0.25) is 0 Å². The van der Waals surface area contributed by atoms with Gasteiger partial charge in [0, 0.05) is 6.42 Å². The van der Waals surface area contributed by atoms with E-state index in [9.17, 15) is 55.5 Å². The highest BCUT2D eigenvalue weighted by atomic mass is 16.8. The Bertz CT molecular complexity index is 2130. The van der Waals surface area contributed by atoms with Gasteiger partial charge in [0.1, 0.15) is 66.6 Å². The van der Waals surface area contributed by atoms with E-state index in [1.165, 1.54) is 6.92 Å². The second-order valence-corrected chi connectivity index (χ2v) is 25.8. The van der Waals surface area contributed by atoms with Crippen molar-refractivity contribution >= 4 is 18.2 Å². The lowest BCUT2D eigenvalue weighted by Crippen LogP contribution is -2.84. The van der Waals surface area contributed by atoms with Crippen molar-refractivity contribution in [2.24, 2.45) is 56.0 Å². The maximum atomic E-state index is 16.0. The molecular formula is C54H86N2O18. The topological polar surface area (TPSA) is 327 Å². The van der Waals surface area contributed by atoms with Crippen LogP contribution in [0.3, 0.4) is 0 Å². The van der Waals surface area contributed by atoms with E-state index in [4.69, 9.17) is 34.2 Å². The van der Waals surface area contributed by atoms with Crippen molar-refractivity contribution in [3.05, 3.63) is 11.6 Å². The highest BCUT2D eigenvalue weighted by molar-refractivity contribution is 5.80. The first-order valence-electron chi connectivity index (χ1n) is 27.5. The molecule has 4 saturated heterocycles. The highest BCUT2D eigenvalue weighted by Crippen LogP contribution is 2.76. The first kappa shape index (κ1) is 56.5. The molecule has 0 aromatic rings. The molecular weight excluding hydrogens is 965 g/mol. The number of fused-ring (bicyclic) bond motifs is 8. The van der Waals surface area contributed by atoms with E-state index in [1.807, 2.05) is 6.92 Å². The first-order valence-corrected chi connectivity index (χ1v) is 27.5.